The molecular formula is C15H14O6. The maximum atomic E-state index is 11.4. The van der Waals surface area contributed by atoms with Gasteiger partial charge in [-0.3, -0.25) is 0 Å². The van der Waals surface area contributed by atoms with Crippen LogP contribution in [0.15, 0.2) is 30.3 Å². The highest BCUT2D eigenvalue weighted by atomic mass is 16.5. The Hall–Kier alpha value is -2.89. The van der Waals surface area contributed by atoms with Crippen LogP contribution in [-0.4, -0.2) is 33.8 Å². The van der Waals surface area contributed by atoms with E-state index in [1.807, 2.05) is 0 Å². The molecule has 1 atom stereocenters. The van der Waals surface area contributed by atoms with Crippen LogP contribution in [0.25, 0.3) is 0 Å². The summed E-state index contributed by atoms with van der Waals surface area (Å²) in [7, 11) is 1.37. The molecule has 4 N–H and O–H groups in total. The number of methoxy groups -OCH3 is 1. The molecule has 6 nitrogen and oxygen atoms in total. The minimum absolute atomic E-state index is 0.0319. The molecule has 2 rings (SSSR count). The average molecular weight is 290 g/mol. The molecule has 2 aromatic carbocycles. The lowest BCUT2D eigenvalue weighted by Gasteiger charge is -2.16. The highest BCUT2D eigenvalue weighted by Gasteiger charge is 2.23. The van der Waals surface area contributed by atoms with Gasteiger partial charge >= 0.3 is 0 Å². The molecule has 0 aliphatic rings. The van der Waals surface area contributed by atoms with Crippen molar-refractivity contribution < 1.29 is 30.0 Å². The Balaban J connectivity index is 2.57. The summed E-state index contributed by atoms with van der Waals surface area (Å²) in [6, 6.07) is 6.31. The summed E-state index contributed by atoms with van der Waals surface area (Å²) < 4.78 is 4.96. The number of phenolic OH excluding ortho intramolecular Hbond substituents is 4. The van der Waals surface area contributed by atoms with Gasteiger partial charge in [-0.15, -0.1) is 0 Å². The summed E-state index contributed by atoms with van der Waals surface area (Å²) in [4.78, 5) is 11.4. The van der Waals surface area contributed by atoms with Gasteiger partial charge in [0.05, 0.1) is 18.6 Å². The number of ether oxygens (including phenoxy) is 1. The van der Waals surface area contributed by atoms with Gasteiger partial charge in [-0.05, 0) is 17.7 Å². The van der Waals surface area contributed by atoms with Crippen LogP contribution >= 0.6 is 0 Å². The molecule has 0 saturated carbocycles. The molecule has 2 aromatic rings. The van der Waals surface area contributed by atoms with Gasteiger partial charge in [0.1, 0.15) is 23.5 Å². The Morgan fingerprint density at radius 2 is 1.62 bits per heavy atom. The standard InChI is InChI=1S/C15H14O6/c1-21-14-4-8(2-3-11(14)18)10(7-16)15-12(19)5-9(17)6-13(15)20/h2-7,10,17-20H,1H3/t10-/m0/s1. The topological polar surface area (TPSA) is 107 Å². The number of hydrogen-bond donors (Lipinski definition) is 4. The molecule has 0 saturated heterocycles. The van der Waals surface area contributed by atoms with E-state index < -0.39 is 17.4 Å². The van der Waals surface area contributed by atoms with Crippen LogP contribution in [0.4, 0.5) is 0 Å². The van der Waals surface area contributed by atoms with Gasteiger partial charge in [0.2, 0.25) is 0 Å². The largest absolute Gasteiger partial charge is 0.508 e. The third-order valence-electron chi connectivity index (χ3n) is 3.13. The molecule has 0 aromatic heterocycles. The lowest BCUT2D eigenvalue weighted by molar-refractivity contribution is -0.108. The number of rotatable bonds is 4. The predicted octanol–water partition coefficient (Wildman–Crippen LogP) is 1.85. The van der Waals surface area contributed by atoms with Crippen molar-refractivity contribution in [1.82, 2.24) is 0 Å². The van der Waals surface area contributed by atoms with Gasteiger partial charge in [0.25, 0.3) is 0 Å². The smallest absolute Gasteiger partial charge is 0.160 e. The van der Waals surface area contributed by atoms with Crippen molar-refractivity contribution in [2.75, 3.05) is 7.11 Å². The third-order valence-corrected chi connectivity index (χ3v) is 3.13. The highest BCUT2D eigenvalue weighted by molar-refractivity contribution is 5.73. The molecule has 0 bridgehead atoms. The van der Waals surface area contributed by atoms with Crippen molar-refractivity contribution in [3.63, 3.8) is 0 Å². The molecule has 0 aliphatic carbocycles. The number of carbonyl (C=O) groups excluding carboxylic acids is 1. The zero-order valence-corrected chi connectivity index (χ0v) is 11.1. The molecule has 0 amide bonds. The first-order valence-electron chi connectivity index (χ1n) is 6.05. The fraction of sp³-hybridized carbons (Fsp3) is 0.133. The lowest BCUT2D eigenvalue weighted by atomic mass is 9.90. The molecule has 0 unspecified atom stereocenters. The van der Waals surface area contributed by atoms with Gasteiger partial charge in [-0.25, -0.2) is 0 Å². The first kappa shape index (κ1) is 14.5. The highest BCUT2D eigenvalue weighted by Crippen LogP contribution is 2.41. The third kappa shape index (κ3) is 2.69. The van der Waals surface area contributed by atoms with Crippen LogP contribution in [0.3, 0.4) is 0 Å². The predicted molar refractivity (Wildman–Crippen MR) is 74.0 cm³/mol. The van der Waals surface area contributed by atoms with Crippen LogP contribution in [0.5, 0.6) is 28.7 Å². The van der Waals surface area contributed by atoms with Crippen LogP contribution < -0.4 is 4.74 Å². The fourth-order valence-electron chi connectivity index (χ4n) is 2.13. The molecule has 0 spiro atoms. The molecule has 0 heterocycles. The molecule has 0 aliphatic heterocycles. The Morgan fingerprint density at radius 1 is 1.00 bits per heavy atom. The minimum atomic E-state index is -0.972. The van der Waals surface area contributed by atoms with Crippen molar-refractivity contribution in [3.8, 4) is 28.7 Å². The Labute approximate surface area is 120 Å². The van der Waals surface area contributed by atoms with Crippen LogP contribution in [0, 0.1) is 0 Å². The van der Waals surface area contributed by atoms with Gasteiger partial charge in [-0.2, -0.15) is 0 Å². The molecule has 0 fully saturated rings. The maximum absolute atomic E-state index is 11.4. The van der Waals surface area contributed by atoms with E-state index in [1.54, 1.807) is 0 Å². The zero-order valence-electron chi connectivity index (χ0n) is 11.1. The van der Waals surface area contributed by atoms with Crippen LogP contribution in [0.2, 0.25) is 0 Å². The summed E-state index contributed by atoms with van der Waals surface area (Å²) in [5, 5.41) is 38.6. The second kappa shape index (κ2) is 5.62. The maximum Gasteiger partial charge on any atom is 0.160 e. The first-order chi connectivity index (χ1) is 9.97. The molecule has 110 valence electrons. The van der Waals surface area contributed by atoms with Crippen LogP contribution in [0.1, 0.15) is 17.0 Å². The Bertz CT molecular complexity index is 657. The van der Waals surface area contributed by atoms with Gasteiger partial charge < -0.3 is 30.0 Å². The number of aldehydes is 1. The van der Waals surface area contributed by atoms with Crippen molar-refractivity contribution in [2.24, 2.45) is 0 Å². The van der Waals surface area contributed by atoms with Crippen molar-refractivity contribution in [1.29, 1.82) is 0 Å². The fourth-order valence-corrected chi connectivity index (χ4v) is 2.13. The zero-order chi connectivity index (χ0) is 15.6. The number of carbonyl (C=O) groups is 1. The second-order valence-electron chi connectivity index (χ2n) is 4.44. The summed E-state index contributed by atoms with van der Waals surface area (Å²) in [6.45, 7) is 0. The van der Waals surface area contributed by atoms with E-state index in [9.17, 15) is 25.2 Å². The van der Waals surface area contributed by atoms with Crippen molar-refractivity contribution in [2.45, 2.75) is 5.92 Å². The Morgan fingerprint density at radius 3 is 2.14 bits per heavy atom. The summed E-state index contributed by atoms with van der Waals surface area (Å²) in [6.07, 6.45) is 0.539. The van der Waals surface area contributed by atoms with E-state index in [2.05, 4.69) is 0 Å². The molecule has 21 heavy (non-hydrogen) atoms. The molecular weight excluding hydrogens is 276 g/mol. The molecule has 6 heteroatoms. The van der Waals surface area contributed by atoms with Gasteiger partial charge in [0, 0.05) is 12.1 Å². The lowest BCUT2D eigenvalue weighted by Crippen LogP contribution is -2.04. The normalized spacial score (nSPS) is 11.9. The van der Waals surface area contributed by atoms with E-state index in [0.29, 0.717) is 11.8 Å². The van der Waals surface area contributed by atoms with Crippen molar-refractivity contribution in [3.05, 3.63) is 41.5 Å². The monoisotopic (exact) mass is 290 g/mol. The van der Waals surface area contributed by atoms with E-state index in [4.69, 9.17) is 4.74 Å². The van der Waals surface area contributed by atoms with Gasteiger partial charge in [-0.1, -0.05) is 6.07 Å². The summed E-state index contributed by atoms with van der Waals surface area (Å²) >= 11 is 0. The number of benzene rings is 2. The van der Waals surface area contributed by atoms with E-state index in [-0.39, 0.29) is 22.8 Å². The quantitative estimate of drug-likeness (QED) is 0.640. The minimum Gasteiger partial charge on any atom is -0.508 e. The molecule has 0 radical (unpaired) electrons. The number of hydrogen-bond acceptors (Lipinski definition) is 6. The number of phenols is 4. The van der Waals surface area contributed by atoms with E-state index in [1.165, 1.54) is 25.3 Å². The Kier molecular flexibility index (Phi) is 3.89. The SMILES string of the molecule is COc1cc([C@H](C=O)c2c(O)cc(O)cc2O)ccc1O. The van der Waals surface area contributed by atoms with Crippen LogP contribution in [-0.2, 0) is 4.79 Å². The van der Waals surface area contributed by atoms with Gasteiger partial charge in [0.15, 0.2) is 11.5 Å². The van der Waals surface area contributed by atoms with Crippen molar-refractivity contribution >= 4 is 6.29 Å². The van der Waals surface area contributed by atoms with E-state index in [0.717, 1.165) is 12.1 Å². The number of aromatic hydroxyl groups is 4. The first-order valence-corrected chi connectivity index (χ1v) is 6.05. The average Bonchev–Trinajstić information content (AvgIpc) is 2.43. The van der Waals surface area contributed by atoms with E-state index >= 15 is 0 Å². The summed E-state index contributed by atoms with van der Waals surface area (Å²) in [5.41, 5.74) is 0.381. The summed E-state index contributed by atoms with van der Waals surface area (Å²) in [5.74, 6) is -2.03. The second-order valence-corrected chi connectivity index (χ2v) is 4.44.